The zero-order valence-electron chi connectivity index (χ0n) is 13.3. The lowest BCUT2D eigenvalue weighted by molar-refractivity contribution is 0.473. The van der Waals surface area contributed by atoms with Crippen molar-refractivity contribution in [3.8, 4) is 0 Å². The normalized spacial score (nSPS) is 13.1. The predicted molar refractivity (Wildman–Crippen MR) is 89.3 cm³/mol. The number of aromatic nitrogens is 3. The molecule has 0 fully saturated rings. The largest absolute Gasteiger partial charge is 0.304 e. The first-order valence-electron chi connectivity index (χ1n) is 7.35. The van der Waals surface area contributed by atoms with E-state index in [1.54, 1.807) is 17.5 Å². The molecule has 116 valence electrons. The smallest absolute Gasteiger partial charge is 0.0900 e. The maximum Gasteiger partial charge on any atom is 0.0900 e. The number of aryl methyl sites for hydroxylation is 2. The van der Waals surface area contributed by atoms with E-state index in [9.17, 15) is 0 Å². The summed E-state index contributed by atoms with van der Waals surface area (Å²) in [5.41, 5.74) is 2.10. The first kappa shape index (κ1) is 16.5. The number of nitrogens with one attached hydrogen (secondary N) is 1. The van der Waals surface area contributed by atoms with Crippen LogP contribution in [0.5, 0.6) is 0 Å². The van der Waals surface area contributed by atoms with Crippen LogP contribution in [-0.4, -0.2) is 21.3 Å². The molecule has 0 spiro atoms. The zero-order chi connectivity index (χ0) is 15.6. The summed E-state index contributed by atoms with van der Waals surface area (Å²) in [6.07, 6.45) is 2.81. The average Bonchev–Trinajstić information content (AvgIpc) is 2.94. The van der Waals surface area contributed by atoms with Crippen LogP contribution in [0.2, 0.25) is 5.02 Å². The van der Waals surface area contributed by atoms with Crippen LogP contribution < -0.4 is 5.32 Å². The Hall–Kier alpha value is -0.910. The molecule has 0 saturated carbocycles. The minimum Gasteiger partial charge on any atom is -0.304 e. The summed E-state index contributed by atoms with van der Waals surface area (Å²) in [6, 6.07) is 0.321. The number of halogens is 1. The molecule has 21 heavy (non-hydrogen) atoms. The second-order valence-electron chi connectivity index (χ2n) is 5.49. The molecule has 1 unspecified atom stereocenters. The number of hydrogen-bond donors (Lipinski definition) is 1. The van der Waals surface area contributed by atoms with Crippen molar-refractivity contribution in [1.82, 2.24) is 20.1 Å². The number of thiazole rings is 1. The van der Waals surface area contributed by atoms with Crippen molar-refractivity contribution in [1.29, 1.82) is 0 Å². The molecule has 1 N–H and O–H groups in total. The van der Waals surface area contributed by atoms with Gasteiger partial charge < -0.3 is 5.32 Å². The van der Waals surface area contributed by atoms with Crippen molar-refractivity contribution < 1.29 is 0 Å². The third kappa shape index (κ3) is 3.47. The highest BCUT2D eigenvalue weighted by molar-refractivity contribution is 7.11. The summed E-state index contributed by atoms with van der Waals surface area (Å²) < 4.78 is 2.00. The Bertz CT molecular complexity index is 603. The third-order valence-electron chi connectivity index (χ3n) is 3.35. The van der Waals surface area contributed by atoms with Crippen LogP contribution in [0.15, 0.2) is 6.20 Å². The van der Waals surface area contributed by atoms with Gasteiger partial charge in [0.15, 0.2) is 0 Å². The van der Waals surface area contributed by atoms with Gasteiger partial charge in [0.25, 0.3) is 0 Å². The van der Waals surface area contributed by atoms with E-state index in [1.165, 1.54) is 4.88 Å². The summed E-state index contributed by atoms with van der Waals surface area (Å²) in [5.74, 6) is 0. The molecule has 4 nitrogen and oxygen atoms in total. The molecule has 0 aliphatic heterocycles. The Labute approximate surface area is 135 Å². The lowest BCUT2D eigenvalue weighted by Crippen LogP contribution is -2.26. The van der Waals surface area contributed by atoms with Gasteiger partial charge in [-0.15, -0.1) is 11.3 Å². The highest BCUT2D eigenvalue weighted by Gasteiger charge is 2.26. The second kappa shape index (κ2) is 6.90. The van der Waals surface area contributed by atoms with E-state index in [-0.39, 0.29) is 12.1 Å². The minimum atomic E-state index is 0.0496. The summed E-state index contributed by atoms with van der Waals surface area (Å²) in [7, 11) is 0. The monoisotopic (exact) mass is 326 g/mol. The quantitative estimate of drug-likeness (QED) is 0.861. The molecule has 2 aromatic heterocycles. The lowest BCUT2D eigenvalue weighted by Gasteiger charge is -2.21. The standard InChI is InChI=1S/C15H23ClN4S/c1-6-7-17-13(15-10(4)19-11(5)21-15)14-12(16)8-18-20(14)9(2)3/h8-9,13,17H,6-7H2,1-5H3. The molecular weight excluding hydrogens is 304 g/mol. The molecule has 0 bridgehead atoms. The van der Waals surface area contributed by atoms with E-state index >= 15 is 0 Å². The van der Waals surface area contributed by atoms with Gasteiger partial charge in [-0.3, -0.25) is 4.68 Å². The summed E-state index contributed by atoms with van der Waals surface area (Å²) >= 11 is 8.16. The highest BCUT2D eigenvalue weighted by atomic mass is 35.5. The SMILES string of the molecule is CCCNC(c1sc(C)nc1C)c1c(Cl)cnn1C(C)C. The van der Waals surface area contributed by atoms with Gasteiger partial charge in [-0.2, -0.15) is 5.10 Å². The van der Waals surface area contributed by atoms with Crippen molar-refractivity contribution in [3.63, 3.8) is 0 Å². The summed E-state index contributed by atoms with van der Waals surface area (Å²) in [4.78, 5) is 5.79. The Kier molecular flexibility index (Phi) is 5.41. The Balaban J connectivity index is 2.50. The van der Waals surface area contributed by atoms with Crippen molar-refractivity contribution in [2.45, 2.75) is 53.1 Å². The molecule has 0 amide bonds. The molecule has 0 saturated heterocycles. The van der Waals surface area contributed by atoms with Crippen LogP contribution in [0.4, 0.5) is 0 Å². The molecule has 0 aromatic carbocycles. The highest BCUT2D eigenvalue weighted by Crippen LogP contribution is 2.34. The van der Waals surface area contributed by atoms with Gasteiger partial charge in [-0.1, -0.05) is 18.5 Å². The van der Waals surface area contributed by atoms with E-state index in [1.807, 2.05) is 11.6 Å². The van der Waals surface area contributed by atoms with E-state index in [0.29, 0.717) is 5.02 Å². The van der Waals surface area contributed by atoms with E-state index < -0.39 is 0 Å². The molecule has 0 aliphatic carbocycles. The summed E-state index contributed by atoms with van der Waals surface area (Å²) in [5, 5.41) is 9.83. The van der Waals surface area contributed by atoms with E-state index in [0.717, 1.165) is 29.4 Å². The minimum absolute atomic E-state index is 0.0496. The Morgan fingerprint density at radius 1 is 1.38 bits per heavy atom. The molecule has 0 radical (unpaired) electrons. The van der Waals surface area contributed by atoms with Gasteiger partial charge in [0.05, 0.1) is 38.5 Å². The van der Waals surface area contributed by atoms with Gasteiger partial charge >= 0.3 is 0 Å². The van der Waals surface area contributed by atoms with Crippen molar-refractivity contribution >= 4 is 22.9 Å². The first-order chi connectivity index (χ1) is 9.95. The zero-order valence-corrected chi connectivity index (χ0v) is 14.8. The van der Waals surface area contributed by atoms with Crippen molar-refractivity contribution in [2.75, 3.05) is 6.54 Å². The average molecular weight is 327 g/mol. The van der Waals surface area contributed by atoms with Crippen LogP contribution >= 0.6 is 22.9 Å². The van der Waals surface area contributed by atoms with Crippen LogP contribution in [0.3, 0.4) is 0 Å². The number of hydrogen-bond acceptors (Lipinski definition) is 4. The fourth-order valence-corrected chi connectivity index (χ4v) is 3.70. The van der Waals surface area contributed by atoms with Crippen molar-refractivity contribution in [3.05, 3.63) is 32.5 Å². The lowest BCUT2D eigenvalue weighted by atomic mass is 10.1. The van der Waals surface area contributed by atoms with Crippen LogP contribution in [0.25, 0.3) is 0 Å². The predicted octanol–water partition coefficient (Wildman–Crippen LogP) is 4.28. The van der Waals surface area contributed by atoms with Crippen molar-refractivity contribution in [2.24, 2.45) is 0 Å². The van der Waals surface area contributed by atoms with Gasteiger partial charge in [0, 0.05) is 6.04 Å². The molecular formula is C15H23ClN4S. The summed E-state index contributed by atoms with van der Waals surface area (Å²) in [6.45, 7) is 11.4. The maximum atomic E-state index is 6.43. The Morgan fingerprint density at radius 2 is 2.10 bits per heavy atom. The molecule has 0 aliphatic rings. The molecule has 2 rings (SSSR count). The third-order valence-corrected chi connectivity index (χ3v) is 4.78. The first-order valence-corrected chi connectivity index (χ1v) is 8.55. The molecule has 2 heterocycles. The van der Waals surface area contributed by atoms with Crippen LogP contribution in [-0.2, 0) is 0 Å². The van der Waals surface area contributed by atoms with E-state index in [4.69, 9.17) is 11.6 Å². The van der Waals surface area contributed by atoms with Crippen LogP contribution in [0, 0.1) is 13.8 Å². The van der Waals surface area contributed by atoms with E-state index in [2.05, 4.69) is 43.1 Å². The second-order valence-corrected chi connectivity index (χ2v) is 7.13. The molecule has 2 aromatic rings. The maximum absolute atomic E-state index is 6.43. The molecule has 6 heteroatoms. The van der Waals surface area contributed by atoms with Gasteiger partial charge in [-0.25, -0.2) is 4.98 Å². The fourth-order valence-electron chi connectivity index (χ4n) is 2.45. The Morgan fingerprint density at radius 3 is 2.62 bits per heavy atom. The van der Waals surface area contributed by atoms with Gasteiger partial charge in [-0.05, 0) is 40.7 Å². The topological polar surface area (TPSA) is 42.7 Å². The van der Waals surface area contributed by atoms with Gasteiger partial charge in [0.1, 0.15) is 0 Å². The number of nitrogens with zero attached hydrogens (tertiary/aromatic N) is 3. The molecule has 1 atom stereocenters. The van der Waals surface area contributed by atoms with Crippen LogP contribution in [0.1, 0.15) is 60.5 Å². The number of rotatable bonds is 6. The van der Waals surface area contributed by atoms with Gasteiger partial charge in [0.2, 0.25) is 0 Å². The fraction of sp³-hybridized carbons (Fsp3) is 0.600.